The van der Waals surface area contributed by atoms with Crippen LogP contribution < -0.4 is 10.6 Å². The van der Waals surface area contributed by atoms with Crippen molar-refractivity contribution >= 4 is 34.1 Å². The van der Waals surface area contributed by atoms with Gasteiger partial charge in [-0.2, -0.15) is 0 Å². The lowest BCUT2D eigenvalue weighted by Gasteiger charge is -2.21. The van der Waals surface area contributed by atoms with Crippen LogP contribution in [0.25, 0.3) is 0 Å². The molecule has 2 aromatic carbocycles. The first kappa shape index (κ1) is 20.1. The van der Waals surface area contributed by atoms with Crippen molar-refractivity contribution in [1.29, 1.82) is 0 Å². The molecular formula is C21H22N4OS2. The largest absolute Gasteiger partial charge is 0.357 e. The van der Waals surface area contributed by atoms with Gasteiger partial charge in [-0.1, -0.05) is 89.8 Å². The van der Waals surface area contributed by atoms with Gasteiger partial charge >= 0.3 is 0 Å². The van der Waals surface area contributed by atoms with Crippen LogP contribution in [0, 0.1) is 0 Å². The van der Waals surface area contributed by atoms with E-state index in [9.17, 15) is 4.79 Å². The number of hydrogen-bond acceptors (Lipinski definition) is 6. The molecule has 2 N–H and O–H groups in total. The minimum atomic E-state index is -0.296. The van der Waals surface area contributed by atoms with Gasteiger partial charge in [0.2, 0.25) is 11.0 Å². The topological polar surface area (TPSA) is 66.9 Å². The van der Waals surface area contributed by atoms with Crippen LogP contribution in [0.4, 0.5) is 5.13 Å². The fourth-order valence-electron chi connectivity index (χ4n) is 2.60. The average Bonchev–Trinajstić information content (AvgIpc) is 3.18. The van der Waals surface area contributed by atoms with Crippen LogP contribution in [0.5, 0.6) is 0 Å². The quantitative estimate of drug-likeness (QED) is 0.401. The van der Waals surface area contributed by atoms with E-state index in [2.05, 4.69) is 27.4 Å². The van der Waals surface area contributed by atoms with Gasteiger partial charge in [-0.25, -0.2) is 0 Å². The number of anilines is 1. The predicted molar refractivity (Wildman–Crippen MR) is 117 cm³/mol. The van der Waals surface area contributed by atoms with Crippen LogP contribution in [0.2, 0.25) is 0 Å². The van der Waals surface area contributed by atoms with Crippen LogP contribution in [0.1, 0.15) is 24.1 Å². The zero-order valence-electron chi connectivity index (χ0n) is 15.5. The number of nitrogens with zero attached hydrogens (tertiary/aromatic N) is 2. The molecule has 0 saturated carbocycles. The van der Waals surface area contributed by atoms with E-state index in [0.29, 0.717) is 6.54 Å². The second-order valence-electron chi connectivity index (χ2n) is 6.07. The van der Waals surface area contributed by atoms with Crippen molar-refractivity contribution in [2.24, 2.45) is 0 Å². The predicted octanol–water partition coefficient (Wildman–Crippen LogP) is 4.52. The Morgan fingerprint density at radius 3 is 2.29 bits per heavy atom. The van der Waals surface area contributed by atoms with Gasteiger partial charge in [-0.3, -0.25) is 4.79 Å². The number of aromatic nitrogens is 2. The molecule has 0 radical (unpaired) electrons. The average molecular weight is 411 g/mol. The van der Waals surface area contributed by atoms with Crippen LogP contribution in [0.3, 0.4) is 0 Å². The van der Waals surface area contributed by atoms with Gasteiger partial charge in [0.25, 0.3) is 0 Å². The third-order valence-corrected chi connectivity index (χ3v) is 6.07. The number of nitrogens with one attached hydrogen (secondary N) is 2. The molecule has 1 heterocycles. The molecule has 1 amide bonds. The van der Waals surface area contributed by atoms with Crippen molar-refractivity contribution in [1.82, 2.24) is 15.5 Å². The molecule has 0 aliphatic carbocycles. The highest BCUT2D eigenvalue weighted by Gasteiger charge is 2.22. The van der Waals surface area contributed by atoms with E-state index in [-0.39, 0.29) is 17.2 Å². The van der Waals surface area contributed by atoms with Crippen molar-refractivity contribution in [3.05, 3.63) is 84.4 Å². The Morgan fingerprint density at radius 1 is 1.11 bits per heavy atom. The van der Waals surface area contributed by atoms with Gasteiger partial charge in [0.15, 0.2) is 4.34 Å². The molecule has 1 atom stereocenters. The second kappa shape index (κ2) is 10.1. The second-order valence-corrected chi connectivity index (χ2v) is 8.63. The Kier molecular flexibility index (Phi) is 7.22. The summed E-state index contributed by atoms with van der Waals surface area (Å²) < 4.78 is 0.755. The third kappa shape index (κ3) is 5.43. The monoisotopic (exact) mass is 410 g/mol. The lowest BCUT2D eigenvalue weighted by Crippen LogP contribution is -2.34. The summed E-state index contributed by atoms with van der Waals surface area (Å²) in [6, 6.07) is 19.8. The Hall–Kier alpha value is -2.64. The maximum absolute atomic E-state index is 12.9. The summed E-state index contributed by atoms with van der Waals surface area (Å²) in [5.74, 6) is -0.0430. The first-order valence-corrected chi connectivity index (χ1v) is 10.6. The Bertz CT molecular complexity index is 860. The normalized spacial score (nSPS) is 11.8. The van der Waals surface area contributed by atoms with E-state index in [1.807, 2.05) is 67.6 Å². The number of rotatable bonds is 9. The maximum Gasteiger partial charge on any atom is 0.234 e. The molecule has 7 heteroatoms. The molecule has 0 fully saturated rings. The van der Waals surface area contributed by atoms with Gasteiger partial charge in [0, 0.05) is 6.54 Å². The van der Waals surface area contributed by atoms with Crippen molar-refractivity contribution in [2.75, 3.05) is 11.9 Å². The van der Waals surface area contributed by atoms with Crippen molar-refractivity contribution in [3.8, 4) is 0 Å². The SMILES string of the molecule is C=CCNc1nnc(S[C@@H](C)C(=O)NC(c2ccccc2)c2ccccc2)s1. The van der Waals surface area contributed by atoms with Gasteiger partial charge in [0.1, 0.15) is 0 Å². The van der Waals surface area contributed by atoms with Crippen LogP contribution >= 0.6 is 23.1 Å². The molecular weight excluding hydrogens is 388 g/mol. The summed E-state index contributed by atoms with van der Waals surface area (Å²) in [6.45, 7) is 6.18. The van der Waals surface area contributed by atoms with Crippen molar-refractivity contribution < 1.29 is 4.79 Å². The smallest absolute Gasteiger partial charge is 0.234 e. The van der Waals surface area contributed by atoms with E-state index in [1.54, 1.807) is 6.08 Å². The summed E-state index contributed by atoms with van der Waals surface area (Å²) in [5, 5.41) is 14.9. The van der Waals surface area contributed by atoms with Crippen molar-refractivity contribution in [2.45, 2.75) is 22.6 Å². The Labute approximate surface area is 173 Å². The van der Waals surface area contributed by atoms with Gasteiger partial charge in [0.05, 0.1) is 11.3 Å². The molecule has 0 saturated heterocycles. The Morgan fingerprint density at radius 2 is 1.71 bits per heavy atom. The molecule has 0 aliphatic rings. The van der Waals surface area contributed by atoms with E-state index in [1.165, 1.54) is 23.1 Å². The van der Waals surface area contributed by atoms with Gasteiger partial charge in [-0.05, 0) is 18.1 Å². The fourth-order valence-corrected chi connectivity index (χ4v) is 4.51. The number of amides is 1. The fraction of sp³-hybridized carbons (Fsp3) is 0.190. The standard InChI is InChI=1S/C21H22N4OS2/c1-3-14-22-20-24-25-21(28-20)27-15(2)19(26)23-18(16-10-6-4-7-11-16)17-12-8-5-9-13-17/h3-13,15,18H,1,14H2,2H3,(H,22,24)(H,23,26)/t15-/m0/s1. The first-order chi connectivity index (χ1) is 13.7. The molecule has 0 bridgehead atoms. The number of carbonyl (C=O) groups is 1. The highest BCUT2D eigenvalue weighted by atomic mass is 32.2. The van der Waals surface area contributed by atoms with Crippen LogP contribution in [-0.2, 0) is 4.79 Å². The number of carbonyl (C=O) groups excluding carboxylic acids is 1. The molecule has 0 aliphatic heterocycles. The summed E-state index contributed by atoms with van der Waals surface area (Å²) in [6.07, 6.45) is 1.76. The molecule has 3 rings (SSSR count). The summed E-state index contributed by atoms with van der Waals surface area (Å²) >= 11 is 2.84. The van der Waals surface area contributed by atoms with Gasteiger partial charge in [-0.15, -0.1) is 16.8 Å². The minimum Gasteiger partial charge on any atom is -0.357 e. The molecule has 0 spiro atoms. The molecule has 5 nitrogen and oxygen atoms in total. The lowest BCUT2D eigenvalue weighted by molar-refractivity contribution is -0.120. The zero-order valence-corrected chi connectivity index (χ0v) is 17.2. The lowest BCUT2D eigenvalue weighted by atomic mass is 9.98. The highest BCUT2D eigenvalue weighted by molar-refractivity contribution is 8.02. The van der Waals surface area contributed by atoms with E-state index in [4.69, 9.17) is 0 Å². The number of thioether (sulfide) groups is 1. The number of benzene rings is 2. The molecule has 144 valence electrons. The van der Waals surface area contributed by atoms with Crippen LogP contribution in [0.15, 0.2) is 77.7 Å². The van der Waals surface area contributed by atoms with E-state index in [0.717, 1.165) is 20.6 Å². The third-order valence-electron chi connectivity index (χ3n) is 4.00. The summed E-state index contributed by atoms with van der Waals surface area (Å²) in [7, 11) is 0. The number of hydrogen-bond donors (Lipinski definition) is 2. The van der Waals surface area contributed by atoms with Crippen molar-refractivity contribution in [3.63, 3.8) is 0 Å². The molecule has 0 unspecified atom stereocenters. The molecule has 1 aromatic heterocycles. The van der Waals surface area contributed by atoms with Crippen LogP contribution in [-0.4, -0.2) is 27.9 Å². The van der Waals surface area contributed by atoms with E-state index < -0.39 is 0 Å². The summed E-state index contributed by atoms with van der Waals surface area (Å²) in [5.41, 5.74) is 2.09. The maximum atomic E-state index is 12.9. The highest BCUT2D eigenvalue weighted by Crippen LogP contribution is 2.30. The summed E-state index contributed by atoms with van der Waals surface area (Å²) in [4.78, 5) is 12.9. The van der Waals surface area contributed by atoms with Gasteiger partial charge < -0.3 is 10.6 Å². The minimum absolute atomic E-state index is 0.0430. The zero-order chi connectivity index (χ0) is 19.8. The van der Waals surface area contributed by atoms with E-state index >= 15 is 0 Å². The Balaban J connectivity index is 1.69. The molecule has 3 aromatic rings. The molecule has 28 heavy (non-hydrogen) atoms. The first-order valence-electron chi connectivity index (χ1n) is 8.92.